The van der Waals surface area contributed by atoms with Gasteiger partial charge in [0.15, 0.2) is 0 Å². The summed E-state index contributed by atoms with van der Waals surface area (Å²) < 4.78 is 11.5. The Morgan fingerprint density at radius 2 is 1.88 bits per heavy atom. The molecule has 6 nitrogen and oxygen atoms in total. The Bertz CT molecular complexity index is 755. The van der Waals surface area contributed by atoms with Gasteiger partial charge in [-0.15, -0.1) is 0 Å². The van der Waals surface area contributed by atoms with E-state index in [4.69, 9.17) is 14.7 Å². The number of nitriles is 1. The van der Waals surface area contributed by atoms with Gasteiger partial charge in [-0.1, -0.05) is 12.1 Å². The van der Waals surface area contributed by atoms with Crippen molar-refractivity contribution in [2.24, 2.45) is 0 Å². The quantitative estimate of drug-likeness (QED) is 0.785. The zero-order chi connectivity index (χ0) is 17.8. The summed E-state index contributed by atoms with van der Waals surface area (Å²) in [5.41, 5.74) is 1.19. The predicted molar refractivity (Wildman–Crippen MR) is 89.0 cm³/mol. The number of aliphatic hydroxyl groups is 3. The van der Waals surface area contributed by atoms with Crippen LogP contribution < -0.4 is 4.74 Å². The lowest BCUT2D eigenvalue weighted by Gasteiger charge is -2.36. The Balaban J connectivity index is 1.79. The third-order valence-corrected chi connectivity index (χ3v) is 4.16. The Morgan fingerprint density at radius 1 is 1.12 bits per heavy atom. The Hall–Kier alpha value is -2.43. The van der Waals surface area contributed by atoms with Crippen LogP contribution in [0.1, 0.15) is 23.7 Å². The third kappa shape index (κ3) is 3.98. The number of hydrogen-bond donors (Lipinski definition) is 3. The number of ether oxygens (including phenoxy) is 2. The van der Waals surface area contributed by atoms with E-state index in [2.05, 4.69) is 0 Å². The van der Waals surface area contributed by atoms with Crippen molar-refractivity contribution >= 4 is 0 Å². The number of aliphatic hydroxyl groups excluding tert-OH is 3. The van der Waals surface area contributed by atoms with Crippen LogP contribution in [0.15, 0.2) is 48.5 Å². The van der Waals surface area contributed by atoms with E-state index in [1.165, 1.54) is 0 Å². The summed E-state index contributed by atoms with van der Waals surface area (Å²) in [6.45, 7) is -0.221. The molecular weight excluding hydrogens is 322 g/mol. The van der Waals surface area contributed by atoms with Crippen molar-refractivity contribution in [1.82, 2.24) is 0 Å². The fourth-order valence-corrected chi connectivity index (χ4v) is 2.84. The highest BCUT2D eigenvalue weighted by Gasteiger charge is 2.37. The molecule has 3 N–H and O–H groups in total. The Morgan fingerprint density at radius 3 is 2.56 bits per heavy atom. The van der Waals surface area contributed by atoms with E-state index in [9.17, 15) is 15.3 Å². The molecule has 0 bridgehead atoms. The molecule has 1 heterocycles. The maximum absolute atomic E-state index is 10.2. The van der Waals surface area contributed by atoms with Crippen LogP contribution in [0, 0.1) is 11.3 Å². The molecule has 2 aromatic carbocycles. The average molecular weight is 341 g/mol. The fraction of sp³-hybridized carbons (Fsp3) is 0.316. The highest BCUT2D eigenvalue weighted by Crippen LogP contribution is 2.34. The smallest absolute Gasteiger partial charge is 0.127 e. The molecule has 1 fully saturated rings. The van der Waals surface area contributed by atoms with Gasteiger partial charge in [0, 0.05) is 6.42 Å². The van der Waals surface area contributed by atoms with Gasteiger partial charge in [0.2, 0.25) is 0 Å². The zero-order valence-corrected chi connectivity index (χ0v) is 13.4. The summed E-state index contributed by atoms with van der Waals surface area (Å²) in [6, 6.07) is 15.8. The van der Waals surface area contributed by atoms with Crippen molar-refractivity contribution in [2.75, 3.05) is 6.61 Å². The van der Waals surface area contributed by atoms with Crippen LogP contribution in [0.2, 0.25) is 0 Å². The van der Waals surface area contributed by atoms with E-state index < -0.39 is 24.4 Å². The number of benzene rings is 2. The molecule has 0 spiro atoms. The Kier molecular flexibility index (Phi) is 5.31. The molecular formula is C19H19NO5. The molecule has 4 unspecified atom stereocenters. The first-order chi connectivity index (χ1) is 12.1. The zero-order valence-electron chi connectivity index (χ0n) is 13.4. The summed E-state index contributed by atoms with van der Waals surface area (Å²) in [5.74, 6) is 1.12. The van der Waals surface area contributed by atoms with Crippen molar-refractivity contribution in [2.45, 2.75) is 30.8 Å². The van der Waals surface area contributed by atoms with Crippen LogP contribution in [0.3, 0.4) is 0 Å². The third-order valence-electron chi connectivity index (χ3n) is 4.16. The molecule has 1 aliphatic heterocycles. The first kappa shape index (κ1) is 17.4. The van der Waals surface area contributed by atoms with Gasteiger partial charge < -0.3 is 24.8 Å². The molecule has 1 aliphatic rings. The molecule has 2 aromatic rings. The topological polar surface area (TPSA) is 103 Å². The first-order valence-corrected chi connectivity index (χ1v) is 8.01. The van der Waals surface area contributed by atoms with E-state index in [1.807, 2.05) is 6.07 Å². The van der Waals surface area contributed by atoms with Crippen molar-refractivity contribution in [1.29, 1.82) is 5.26 Å². The lowest BCUT2D eigenvalue weighted by molar-refractivity contribution is -0.179. The summed E-state index contributed by atoms with van der Waals surface area (Å²) in [5, 5.41) is 38.3. The summed E-state index contributed by atoms with van der Waals surface area (Å²) >= 11 is 0. The molecule has 0 aromatic heterocycles. The lowest BCUT2D eigenvalue weighted by atomic mass is 9.93. The monoisotopic (exact) mass is 341 g/mol. The van der Waals surface area contributed by atoms with Crippen molar-refractivity contribution in [3.05, 3.63) is 59.7 Å². The van der Waals surface area contributed by atoms with Crippen LogP contribution in [-0.4, -0.2) is 40.2 Å². The van der Waals surface area contributed by atoms with E-state index >= 15 is 0 Å². The number of rotatable bonds is 4. The van der Waals surface area contributed by atoms with Crippen LogP contribution in [-0.2, 0) is 4.74 Å². The molecule has 130 valence electrons. The molecule has 1 saturated heterocycles. The second-order valence-corrected chi connectivity index (χ2v) is 5.97. The van der Waals surface area contributed by atoms with Crippen molar-refractivity contribution < 1.29 is 24.8 Å². The number of hydrogen-bond acceptors (Lipinski definition) is 6. The Labute approximate surface area is 145 Å². The second-order valence-electron chi connectivity index (χ2n) is 5.97. The van der Waals surface area contributed by atoms with Gasteiger partial charge in [-0.25, -0.2) is 0 Å². The van der Waals surface area contributed by atoms with Crippen LogP contribution in [0.4, 0.5) is 0 Å². The normalized spacial score (nSPS) is 26.0. The highest BCUT2D eigenvalue weighted by molar-refractivity contribution is 5.38. The minimum atomic E-state index is -1.08. The molecule has 0 radical (unpaired) electrons. The lowest BCUT2D eigenvalue weighted by Crippen LogP contribution is -2.44. The predicted octanol–water partition coefficient (Wildman–Crippen LogP) is 1.89. The van der Waals surface area contributed by atoms with Crippen LogP contribution >= 0.6 is 0 Å². The highest BCUT2D eigenvalue weighted by atomic mass is 16.5. The maximum atomic E-state index is 10.2. The second kappa shape index (κ2) is 7.64. The van der Waals surface area contributed by atoms with E-state index in [-0.39, 0.29) is 13.0 Å². The van der Waals surface area contributed by atoms with E-state index in [0.717, 1.165) is 0 Å². The van der Waals surface area contributed by atoms with Gasteiger partial charge in [-0.05, 0) is 42.0 Å². The molecule has 0 aliphatic carbocycles. The molecule has 3 rings (SSSR count). The minimum absolute atomic E-state index is 0.190. The van der Waals surface area contributed by atoms with E-state index in [0.29, 0.717) is 22.6 Å². The largest absolute Gasteiger partial charge is 0.457 e. The fourth-order valence-electron chi connectivity index (χ4n) is 2.84. The van der Waals surface area contributed by atoms with Crippen molar-refractivity contribution in [3.8, 4) is 17.6 Å². The minimum Gasteiger partial charge on any atom is -0.457 e. The SMILES string of the molecule is N#Cc1ccc(Oc2cccc(C3OC(CO)CC(O)C3O)c2)cc1. The molecule has 0 saturated carbocycles. The maximum Gasteiger partial charge on any atom is 0.127 e. The summed E-state index contributed by atoms with van der Waals surface area (Å²) in [6.07, 6.45) is -3.11. The number of nitrogens with zero attached hydrogens (tertiary/aromatic N) is 1. The van der Waals surface area contributed by atoms with Gasteiger partial charge in [-0.2, -0.15) is 5.26 Å². The van der Waals surface area contributed by atoms with Gasteiger partial charge >= 0.3 is 0 Å². The molecule has 0 amide bonds. The molecule has 6 heteroatoms. The van der Waals surface area contributed by atoms with Crippen LogP contribution in [0.5, 0.6) is 11.5 Å². The average Bonchev–Trinajstić information content (AvgIpc) is 2.64. The van der Waals surface area contributed by atoms with Gasteiger partial charge in [0.05, 0.1) is 30.4 Å². The summed E-state index contributed by atoms with van der Waals surface area (Å²) in [7, 11) is 0. The first-order valence-electron chi connectivity index (χ1n) is 8.01. The standard InChI is InChI=1S/C19H19NO5/c20-10-12-4-6-14(7-5-12)24-15-3-1-2-13(8-15)19-18(23)17(22)9-16(11-21)25-19/h1-8,16-19,21-23H,9,11H2. The molecule has 4 atom stereocenters. The van der Waals surface area contributed by atoms with Gasteiger partial charge in [0.25, 0.3) is 0 Å². The van der Waals surface area contributed by atoms with Gasteiger partial charge in [0.1, 0.15) is 23.7 Å². The van der Waals surface area contributed by atoms with Crippen LogP contribution in [0.25, 0.3) is 0 Å². The van der Waals surface area contributed by atoms with Gasteiger partial charge in [-0.3, -0.25) is 0 Å². The van der Waals surface area contributed by atoms with Crippen molar-refractivity contribution in [3.63, 3.8) is 0 Å². The van der Waals surface area contributed by atoms with E-state index in [1.54, 1.807) is 48.5 Å². The summed E-state index contributed by atoms with van der Waals surface area (Å²) in [4.78, 5) is 0. The molecule has 25 heavy (non-hydrogen) atoms.